The molecule has 3 N–H and O–H groups in total. The van der Waals surface area contributed by atoms with Crippen molar-refractivity contribution in [2.45, 2.75) is 25.0 Å². The Kier molecular flexibility index (Phi) is 4.98. The van der Waals surface area contributed by atoms with Crippen LogP contribution in [0.3, 0.4) is 0 Å². The van der Waals surface area contributed by atoms with E-state index in [1.54, 1.807) is 0 Å². The van der Waals surface area contributed by atoms with E-state index in [9.17, 15) is 41.0 Å². The van der Waals surface area contributed by atoms with Crippen molar-refractivity contribution in [3.05, 3.63) is 34.9 Å². The van der Waals surface area contributed by atoms with E-state index in [1.165, 1.54) is 0 Å². The number of alkyl halides is 6. The fourth-order valence-corrected chi connectivity index (χ4v) is 2.32. The number of amides is 2. The van der Waals surface area contributed by atoms with Crippen molar-refractivity contribution in [2.75, 3.05) is 6.54 Å². The van der Waals surface area contributed by atoms with Gasteiger partial charge >= 0.3 is 12.4 Å². The first-order valence-corrected chi connectivity index (χ1v) is 6.91. The van der Waals surface area contributed by atoms with Gasteiger partial charge in [0.05, 0.1) is 17.2 Å². The van der Waals surface area contributed by atoms with E-state index in [0.717, 1.165) is 0 Å². The van der Waals surface area contributed by atoms with Gasteiger partial charge in [0.2, 0.25) is 11.8 Å². The first-order chi connectivity index (χ1) is 11.4. The highest BCUT2D eigenvalue weighted by molar-refractivity contribution is 6.02. The van der Waals surface area contributed by atoms with Gasteiger partial charge in [0.15, 0.2) is 0 Å². The number of aliphatic hydroxyl groups is 1. The molecule has 1 aromatic rings. The van der Waals surface area contributed by atoms with Crippen LogP contribution in [0.25, 0.3) is 0 Å². The average Bonchev–Trinajstić information content (AvgIpc) is 2.82. The summed E-state index contributed by atoms with van der Waals surface area (Å²) in [4.78, 5) is 23.2. The molecular weight excluding hydrogens is 358 g/mol. The summed E-state index contributed by atoms with van der Waals surface area (Å²) in [5.74, 6) is -3.23. The van der Waals surface area contributed by atoms with Crippen molar-refractivity contribution in [1.29, 1.82) is 0 Å². The van der Waals surface area contributed by atoms with Crippen LogP contribution in [-0.4, -0.2) is 29.6 Å². The maximum absolute atomic E-state index is 12.7. The van der Waals surface area contributed by atoms with E-state index in [4.69, 9.17) is 0 Å². The Morgan fingerprint density at radius 2 is 1.64 bits per heavy atom. The minimum Gasteiger partial charge on any atom is -0.390 e. The standard InChI is InChI=1S/C14H12F6N2O3/c15-13(16,17)7-1-6(2-8(3-7)14(18,19)20)4-21-11(24)10-9(23)5-22-12(10)25/h1-3,9-10,23H,4-5H2,(H,21,24)(H,22,25). The molecule has 138 valence electrons. The highest BCUT2D eigenvalue weighted by Gasteiger charge is 2.39. The van der Waals surface area contributed by atoms with Gasteiger partial charge in [-0.15, -0.1) is 0 Å². The molecular formula is C14H12F6N2O3. The molecule has 1 aromatic carbocycles. The van der Waals surface area contributed by atoms with Gasteiger partial charge in [0.1, 0.15) is 5.92 Å². The number of nitrogens with one attached hydrogen (secondary N) is 2. The molecule has 25 heavy (non-hydrogen) atoms. The summed E-state index contributed by atoms with van der Waals surface area (Å²) in [5.41, 5.74) is -3.46. The molecule has 1 heterocycles. The van der Waals surface area contributed by atoms with Crippen LogP contribution in [0.2, 0.25) is 0 Å². The average molecular weight is 370 g/mol. The SMILES string of the molecule is O=C(NCc1cc(C(F)(F)F)cc(C(F)(F)F)c1)C1C(=O)NCC1O. The quantitative estimate of drug-likeness (QED) is 0.557. The van der Waals surface area contributed by atoms with Crippen molar-refractivity contribution >= 4 is 11.8 Å². The number of benzene rings is 1. The molecule has 2 amide bonds. The van der Waals surface area contributed by atoms with Crippen LogP contribution in [0, 0.1) is 5.92 Å². The van der Waals surface area contributed by atoms with Crippen molar-refractivity contribution < 1.29 is 41.0 Å². The van der Waals surface area contributed by atoms with Crippen LogP contribution >= 0.6 is 0 Å². The highest BCUT2D eigenvalue weighted by atomic mass is 19.4. The molecule has 1 aliphatic heterocycles. The van der Waals surface area contributed by atoms with Crippen LogP contribution in [-0.2, 0) is 28.5 Å². The second-order valence-electron chi connectivity index (χ2n) is 5.42. The predicted molar refractivity (Wildman–Crippen MR) is 70.8 cm³/mol. The molecule has 2 rings (SSSR count). The number of rotatable bonds is 3. The predicted octanol–water partition coefficient (Wildman–Crippen LogP) is 1.45. The summed E-state index contributed by atoms with van der Waals surface area (Å²) < 4.78 is 76.5. The molecule has 2 unspecified atom stereocenters. The summed E-state index contributed by atoms with van der Waals surface area (Å²) in [5, 5.41) is 13.8. The number of halogens is 6. The van der Waals surface area contributed by atoms with E-state index in [-0.39, 0.29) is 12.6 Å². The van der Waals surface area contributed by atoms with Crippen molar-refractivity contribution in [2.24, 2.45) is 5.92 Å². The van der Waals surface area contributed by atoms with Gasteiger partial charge in [0.25, 0.3) is 0 Å². The van der Waals surface area contributed by atoms with E-state index in [0.29, 0.717) is 12.1 Å². The smallest absolute Gasteiger partial charge is 0.390 e. The Hall–Kier alpha value is -2.30. The number of carbonyl (C=O) groups excluding carboxylic acids is 2. The Bertz CT molecular complexity index is 654. The summed E-state index contributed by atoms with van der Waals surface area (Å²) >= 11 is 0. The van der Waals surface area contributed by atoms with Crippen molar-refractivity contribution in [3.8, 4) is 0 Å². The lowest BCUT2D eigenvalue weighted by Crippen LogP contribution is -2.39. The van der Waals surface area contributed by atoms with Crippen LogP contribution in [0.4, 0.5) is 26.3 Å². The zero-order chi connectivity index (χ0) is 19.0. The zero-order valence-corrected chi connectivity index (χ0v) is 12.3. The fraction of sp³-hybridized carbons (Fsp3) is 0.429. The Morgan fingerprint density at radius 3 is 2.04 bits per heavy atom. The molecule has 0 aromatic heterocycles. The lowest BCUT2D eigenvalue weighted by atomic mass is 10.0. The first-order valence-electron chi connectivity index (χ1n) is 6.91. The highest BCUT2D eigenvalue weighted by Crippen LogP contribution is 2.36. The second kappa shape index (κ2) is 6.54. The van der Waals surface area contributed by atoms with Gasteiger partial charge in [-0.2, -0.15) is 26.3 Å². The molecule has 2 atom stereocenters. The third kappa shape index (κ3) is 4.41. The monoisotopic (exact) mass is 370 g/mol. The number of β-amino-alcohol motifs (C(OH)–C–C–N with tert-alkyl or cyclic N) is 1. The van der Waals surface area contributed by atoms with Gasteiger partial charge in [0, 0.05) is 13.1 Å². The van der Waals surface area contributed by atoms with E-state index >= 15 is 0 Å². The largest absolute Gasteiger partial charge is 0.416 e. The minimum absolute atomic E-state index is 0.0283. The third-order valence-corrected chi connectivity index (χ3v) is 3.55. The molecule has 0 bridgehead atoms. The molecule has 0 spiro atoms. The zero-order valence-electron chi connectivity index (χ0n) is 12.3. The van der Waals surface area contributed by atoms with Crippen molar-refractivity contribution in [3.63, 3.8) is 0 Å². The third-order valence-electron chi connectivity index (χ3n) is 3.55. The van der Waals surface area contributed by atoms with E-state index in [1.807, 2.05) is 0 Å². The number of hydrogen-bond donors (Lipinski definition) is 3. The summed E-state index contributed by atoms with van der Waals surface area (Å²) in [6, 6.07) is 0.917. The van der Waals surface area contributed by atoms with E-state index in [2.05, 4.69) is 10.6 Å². The first kappa shape index (κ1) is 19.0. The molecule has 0 saturated carbocycles. The topological polar surface area (TPSA) is 78.4 Å². The molecule has 11 heteroatoms. The molecule has 1 aliphatic rings. The lowest BCUT2D eigenvalue weighted by molar-refractivity contribution is -0.143. The van der Waals surface area contributed by atoms with Crippen molar-refractivity contribution in [1.82, 2.24) is 10.6 Å². The van der Waals surface area contributed by atoms with Gasteiger partial charge in [-0.1, -0.05) is 0 Å². The summed E-state index contributed by atoms with van der Waals surface area (Å²) in [7, 11) is 0. The summed E-state index contributed by atoms with van der Waals surface area (Å²) in [6.45, 7) is -0.832. The maximum Gasteiger partial charge on any atom is 0.416 e. The van der Waals surface area contributed by atoms with Crippen LogP contribution in [0.5, 0.6) is 0 Å². The molecule has 0 aliphatic carbocycles. The Morgan fingerprint density at radius 1 is 1.12 bits per heavy atom. The van der Waals surface area contributed by atoms with Gasteiger partial charge in [-0.3, -0.25) is 9.59 Å². The fourth-order valence-electron chi connectivity index (χ4n) is 2.32. The summed E-state index contributed by atoms with van der Waals surface area (Å²) in [6.07, 6.45) is -11.3. The normalized spacial score (nSPS) is 21.2. The van der Waals surface area contributed by atoms with Crippen LogP contribution in [0.15, 0.2) is 18.2 Å². The Balaban J connectivity index is 2.21. The number of hydrogen-bond acceptors (Lipinski definition) is 3. The van der Waals surface area contributed by atoms with E-state index < -0.39 is 59.4 Å². The molecule has 5 nitrogen and oxygen atoms in total. The minimum atomic E-state index is -5.00. The van der Waals surface area contributed by atoms with Gasteiger partial charge in [-0.25, -0.2) is 0 Å². The van der Waals surface area contributed by atoms with Crippen LogP contribution in [0.1, 0.15) is 16.7 Å². The maximum atomic E-state index is 12.7. The van der Waals surface area contributed by atoms with Crippen LogP contribution < -0.4 is 10.6 Å². The molecule has 1 saturated heterocycles. The Labute approximate surface area is 137 Å². The lowest BCUT2D eigenvalue weighted by Gasteiger charge is -2.16. The molecule has 0 radical (unpaired) electrons. The van der Waals surface area contributed by atoms with Gasteiger partial charge in [-0.05, 0) is 23.8 Å². The number of aliphatic hydroxyl groups excluding tert-OH is 1. The molecule has 1 fully saturated rings. The van der Waals surface area contributed by atoms with Gasteiger partial charge < -0.3 is 15.7 Å². The number of carbonyl (C=O) groups is 2. The second-order valence-corrected chi connectivity index (χ2v) is 5.42.